The Labute approximate surface area is 75.8 Å². The Morgan fingerprint density at radius 2 is 2.33 bits per heavy atom. The van der Waals surface area contributed by atoms with Crippen molar-refractivity contribution in [3.8, 4) is 0 Å². The van der Waals surface area contributed by atoms with Gasteiger partial charge in [0, 0.05) is 20.0 Å². The summed E-state index contributed by atoms with van der Waals surface area (Å²) in [6, 6.07) is -0.197. The van der Waals surface area contributed by atoms with E-state index in [0.717, 1.165) is 0 Å². The molecule has 12 heavy (non-hydrogen) atoms. The molecule has 2 fully saturated rings. The van der Waals surface area contributed by atoms with Crippen LogP contribution < -0.4 is 0 Å². The highest BCUT2D eigenvalue weighted by atomic mass is 32.1. The summed E-state index contributed by atoms with van der Waals surface area (Å²) < 4.78 is 0. The molecule has 2 heterocycles. The van der Waals surface area contributed by atoms with E-state index in [1.54, 1.807) is 11.9 Å². The molecule has 0 aromatic heterocycles. The van der Waals surface area contributed by atoms with Crippen molar-refractivity contribution in [2.24, 2.45) is 0 Å². The van der Waals surface area contributed by atoms with Crippen LogP contribution in [0, 0.1) is 0 Å². The van der Waals surface area contributed by atoms with Crippen LogP contribution in [-0.2, 0) is 4.79 Å². The van der Waals surface area contributed by atoms with Crippen molar-refractivity contribution in [3.05, 3.63) is 0 Å². The molecule has 0 radical (unpaired) electrons. The van der Waals surface area contributed by atoms with E-state index in [1.807, 2.05) is 0 Å². The van der Waals surface area contributed by atoms with Gasteiger partial charge in [0.25, 0.3) is 5.91 Å². The van der Waals surface area contributed by atoms with E-state index < -0.39 is 6.10 Å². The van der Waals surface area contributed by atoms with Crippen molar-refractivity contribution < 1.29 is 9.90 Å². The number of likely N-dealkylation sites (N-methyl/N-ethyl adjacent to an activating group) is 1. The summed E-state index contributed by atoms with van der Waals surface area (Å²) >= 11 is 5.03. The van der Waals surface area contributed by atoms with Crippen LogP contribution in [0.2, 0.25) is 0 Å². The average molecular weight is 186 g/mol. The van der Waals surface area contributed by atoms with Gasteiger partial charge >= 0.3 is 0 Å². The number of amides is 1. The Hall–Kier alpha value is -0.680. The van der Waals surface area contributed by atoms with Crippen LogP contribution in [0.15, 0.2) is 0 Å². The van der Waals surface area contributed by atoms with Crippen molar-refractivity contribution in [2.75, 3.05) is 13.6 Å². The Kier molecular flexibility index (Phi) is 1.59. The normalized spacial score (nSPS) is 34.8. The van der Waals surface area contributed by atoms with Gasteiger partial charge in [0.2, 0.25) is 0 Å². The molecule has 0 aliphatic carbocycles. The fraction of sp³-hybridized carbons (Fsp3) is 0.714. The molecule has 2 aliphatic heterocycles. The molecule has 0 aromatic carbocycles. The van der Waals surface area contributed by atoms with E-state index in [9.17, 15) is 9.90 Å². The topological polar surface area (TPSA) is 43.8 Å². The standard InChI is InChI=1S/C7H10N2O2S/c1-8-6(11)5-2-4(10)3-9(5)7(8)12/h4-5,10H,2-3H2,1H3/t4-,5-/m1/s1. The van der Waals surface area contributed by atoms with Crippen LogP contribution in [0.3, 0.4) is 0 Å². The van der Waals surface area contributed by atoms with Crippen LogP contribution in [0.25, 0.3) is 0 Å². The third-order valence-corrected chi connectivity index (χ3v) is 2.94. The van der Waals surface area contributed by atoms with Gasteiger partial charge in [-0.05, 0) is 12.2 Å². The monoisotopic (exact) mass is 186 g/mol. The molecule has 2 saturated heterocycles. The number of hydrogen-bond acceptors (Lipinski definition) is 3. The van der Waals surface area contributed by atoms with Crippen molar-refractivity contribution in [1.82, 2.24) is 9.80 Å². The molecule has 0 bridgehead atoms. The third kappa shape index (κ3) is 0.864. The number of carbonyl (C=O) groups excluding carboxylic acids is 1. The zero-order valence-electron chi connectivity index (χ0n) is 6.73. The molecular weight excluding hydrogens is 176 g/mol. The second-order valence-corrected chi connectivity index (χ2v) is 3.60. The summed E-state index contributed by atoms with van der Waals surface area (Å²) in [5, 5.41) is 9.83. The second-order valence-electron chi connectivity index (χ2n) is 3.24. The third-order valence-electron chi connectivity index (χ3n) is 2.43. The number of hydrogen-bond donors (Lipinski definition) is 1. The largest absolute Gasteiger partial charge is 0.391 e. The summed E-state index contributed by atoms with van der Waals surface area (Å²) in [5.74, 6) is 0.0107. The average Bonchev–Trinajstić information content (AvgIpc) is 2.49. The Balaban J connectivity index is 2.27. The number of aliphatic hydroxyl groups is 1. The zero-order valence-corrected chi connectivity index (χ0v) is 7.54. The Morgan fingerprint density at radius 1 is 1.67 bits per heavy atom. The van der Waals surface area contributed by atoms with E-state index in [2.05, 4.69) is 0 Å². The molecular formula is C7H10N2O2S. The molecule has 2 rings (SSSR count). The van der Waals surface area contributed by atoms with Gasteiger partial charge in [0.15, 0.2) is 5.11 Å². The summed E-state index contributed by atoms with van der Waals surface area (Å²) in [4.78, 5) is 14.7. The maximum absolute atomic E-state index is 11.4. The first kappa shape index (κ1) is 7.94. The lowest BCUT2D eigenvalue weighted by Gasteiger charge is -2.15. The molecule has 0 spiro atoms. The predicted molar refractivity (Wildman–Crippen MR) is 46.5 cm³/mol. The minimum atomic E-state index is -0.398. The van der Waals surface area contributed by atoms with E-state index in [1.165, 1.54) is 4.90 Å². The van der Waals surface area contributed by atoms with E-state index >= 15 is 0 Å². The van der Waals surface area contributed by atoms with Gasteiger partial charge in [0.05, 0.1) is 6.10 Å². The zero-order chi connectivity index (χ0) is 8.88. The van der Waals surface area contributed by atoms with Crippen LogP contribution in [0.1, 0.15) is 6.42 Å². The minimum absolute atomic E-state index is 0.0107. The lowest BCUT2D eigenvalue weighted by molar-refractivity contribution is -0.127. The van der Waals surface area contributed by atoms with Crippen molar-refractivity contribution in [2.45, 2.75) is 18.6 Å². The lowest BCUT2D eigenvalue weighted by Crippen LogP contribution is -2.31. The molecule has 0 saturated carbocycles. The number of carbonyl (C=O) groups is 1. The number of fused-ring (bicyclic) bond motifs is 1. The lowest BCUT2D eigenvalue weighted by atomic mass is 10.2. The van der Waals surface area contributed by atoms with Gasteiger partial charge in [-0.3, -0.25) is 9.69 Å². The van der Waals surface area contributed by atoms with Gasteiger partial charge in [-0.15, -0.1) is 0 Å². The van der Waals surface area contributed by atoms with Gasteiger partial charge in [-0.25, -0.2) is 0 Å². The molecule has 2 aliphatic rings. The quantitative estimate of drug-likeness (QED) is 0.502. The van der Waals surface area contributed by atoms with Gasteiger partial charge < -0.3 is 10.0 Å². The minimum Gasteiger partial charge on any atom is -0.391 e. The summed E-state index contributed by atoms with van der Waals surface area (Å²) in [6.45, 7) is 0.500. The molecule has 2 atom stereocenters. The molecule has 5 heteroatoms. The number of thiocarbonyl (C=S) groups is 1. The molecule has 1 N–H and O–H groups in total. The number of nitrogens with zero attached hydrogens (tertiary/aromatic N) is 2. The van der Waals surface area contributed by atoms with Gasteiger partial charge in [-0.1, -0.05) is 0 Å². The smallest absolute Gasteiger partial charge is 0.251 e. The highest BCUT2D eigenvalue weighted by molar-refractivity contribution is 7.80. The Morgan fingerprint density at radius 3 is 2.92 bits per heavy atom. The van der Waals surface area contributed by atoms with Crippen molar-refractivity contribution in [3.63, 3.8) is 0 Å². The Bertz CT molecular complexity index is 232. The fourth-order valence-corrected chi connectivity index (χ4v) is 2.06. The predicted octanol–water partition coefficient (Wildman–Crippen LogP) is -0.822. The molecule has 0 aromatic rings. The van der Waals surface area contributed by atoms with Crippen LogP contribution >= 0.6 is 12.2 Å². The van der Waals surface area contributed by atoms with E-state index in [0.29, 0.717) is 18.1 Å². The summed E-state index contributed by atoms with van der Waals surface area (Å²) in [5.41, 5.74) is 0. The summed E-state index contributed by atoms with van der Waals surface area (Å²) in [7, 11) is 1.68. The maximum atomic E-state index is 11.4. The van der Waals surface area contributed by atoms with Gasteiger partial charge in [-0.2, -0.15) is 0 Å². The molecule has 0 unspecified atom stereocenters. The molecule has 66 valence electrons. The van der Waals surface area contributed by atoms with Crippen molar-refractivity contribution >= 4 is 23.2 Å². The highest BCUT2D eigenvalue weighted by Crippen LogP contribution is 2.26. The first-order valence-electron chi connectivity index (χ1n) is 3.87. The number of aliphatic hydroxyl groups excluding tert-OH is 1. The van der Waals surface area contributed by atoms with Crippen molar-refractivity contribution in [1.29, 1.82) is 0 Å². The second kappa shape index (κ2) is 2.40. The fourth-order valence-electron chi connectivity index (χ4n) is 1.77. The van der Waals surface area contributed by atoms with Crippen LogP contribution in [0.5, 0.6) is 0 Å². The van der Waals surface area contributed by atoms with E-state index in [4.69, 9.17) is 12.2 Å². The van der Waals surface area contributed by atoms with E-state index in [-0.39, 0.29) is 11.9 Å². The van der Waals surface area contributed by atoms with Gasteiger partial charge in [0.1, 0.15) is 6.04 Å². The highest BCUT2D eigenvalue weighted by Gasteiger charge is 2.46. The molecule has 4 nitrogen and oxygen atoms in total. The maximum Gasteiger partial charge on any atom is 0.251 e. The number of rotatable bonds is 0. The molecule has 1 amide bonds. The first-order chi connectivity index (χ1) is 5.61. The van der Waals surface area contributed by atoms with Crippen LogP contribution in [-0.4, -0.2) is 51.7 Å². The summed E-state index contributed by atoms with van der Waals surface area (Å²) in [6.07, 6.45) is 0.120. The van der Waals surface area contributed by atoms with Crippen LogP contribution in [0.4, 0.5) is 0 Å². The first-order valence-corrected chi connectivity index (χ1v) is 4.28. The SMILES string of the molecule is CN1C(=O)[C@H]2C[C@@H](O)CN2C1=S.